The molecule has 0 bridgehead atoms. The van der Waals surface area contributed by atoms with E-state index in [4.69, 9.17) is 4.74 Å². The molecule has 2 aromatic rings. The molecule has 1 atom stereocenters. The van der Waals surface area contributed by atoms with Crippen LogP contribution in [0.4, 0.5) is 0 Å². The number of likely N-dealkylation sites (tertiary alicyclic amines) is 1. The van der Waals surface area contributed by atoms with E-state index >= 15 is 0 Å². The number of hydrogen-bond donors (Lipinski definition) is 0. The molecular formula is C23H33N3O. The lowest BCUT2D eigenvalue weighted by Gasteiger charge is -2.35. The summed E-state index contributed by atoms with van der Waals surface area (Å²) in [6.45, 7) is 9.18. The molecule has 1 unspecified atom stereocenters. The van der Waals surface area contributed by atoms with Crippen LogP contribution in [0, 0.1) is 5.92 Å². The molecule has 1 aromatic heterocycles. The third kappa shape index (κ3) is 6.33. The molecule has 1 fully saturated rings. The van der Waals surface area contributed by atoms with Crippen molar-refractivity contribution in [3.63, 3.8) is 0 Å². The molecule has 1 aromatic carbocycles. The minimum atomic E-state index is 0.769. The molecule has 0 amide bonds. The van der Waals surface area contributed by atoms with Gasteiger partial charge in [-0.15, -0.1) is 0 Å². The van der Waals surface area contributed by atoms with E-state index < -0.39 is 0 Å². The van der Waals surface area contributed by atoms with Crippen LogP contribution in [0.5, 0.6) is 5.75 Å². The van der Waals surface area contributed by atoms with Gasteiger partial charge in [0.15, 0.2) is 0 Å². The molecule has 0 radical (unpaired) electrons. The number of aromatic nitrogens is 1. The van der Waals surface area contributed by atoms with Crippen LogP contribution < -0.4 is 4.74 Å². The van der Waals surface area contributed by atoms with E-state index in [0.717, 1.165) is 37.7 Å². The fraction of sp³-hybridized carbons (Fsp3) is 0.522. The van der Waals surface area contributed by atoms with E-state index in [2.05, 4.69) is 52.0 Å². The number of piperidine rings is 1. The monoisotopic (exact) mass is 367 g/mol. The Morgan fingerprint density at radius 3 is 2.81 bits per heavy atom. The second-order valence-corrected chi connectivity index (χ2v) is 7.59. The summed E-state index contributed by atoms with van der Waals surface area (Å²) in [4.78, 5) is 9.35. The summed E-state index contributed by atoms with van der Waals surface area (Å²) in [6, 6.07) is 12.7. The average molecular weight is 368 g/mol. The molecule has 0 aliphatic carbocycles. The molecule has 4 nitrogen and oxygen atoms in total. The second kappa shape index (κ2) is 10.4. The van der Waals surface area contributed by atoms with E-state index in [1.165, 1.54) is 43.6 Å². The predicted octanol–water partition coefficient (Wildman–Crippen LogP) is 3.87. The van der Waals surface area contributed by atoms with Crippen molar-refractivity contribution in [2.75, 3.05) is 39.8 Å². The quantitative estimate of drug-likeness (QED) is 0.673. The normalized spacial score (nSPS) is 18.0. The number of ether oxygens (including phenoxy) is 1. The first-order chi connectivity index (χ1) is 13.3. The van der Waals surface area contributed by atoms with Crippen LogP contribution in [0.2, 0.25) is 0 Å². The maximum Gasteiger partial charge on any atom is 0.119 e. The topological polar surface area (TPSA) is 28.6 Å². The lowest BCUT2D eigenvalue weighted by Crippen LogP contribution is -2.41. The molecule has 0 saturated carbocycles. The van der Waals surface area contributed by atoms with Crippen molar-refractivity contribution < 1.29 is 4.74 Å². The van der Waals surface area contributed by atoms with Crippen molar-refractivity contribution in [3.8, 4) is 5.75 Å². The van der Waals surface area contributed by atoms with Crippen molar-refractivity contribution in [3.05, 3.63) is 59.9 Å². The second-order valence-electron chi connectivity index (χ2n) is 7.59. The average Bonchev–Trinajstić information content (AvgIpc) is 2.73. The van der Waals surface area contributed by atoms with Crippen LogP contribution in [0.15, 0.2) is 48.8 Å². The molecular weight excluding hydrogens is 334 g/mol. The fourth-order valence-corrected chi connectivity index (χ4v) is 4.04. The fourth-order valence-electron chi connectivity index (χ4n) is 4.04. The Morgan fingerprint density at radius 1 is 1.19 bits per heavy atom. The van der Waals surface area contributed by atoms with E-state index in [-0.39, 0.29) is 0 Å². The zero-order valence-electron chi connectivity index (χ0n) is 16.8. The Hall–Kier alpha value is -1.91. The number of pyridine rings is 1. The van der Waals surface area contributed by atoms with Gasteiger partial charge < -0.3 is 9.64 Å². The van der Waals surface area contributed by atoms with Crippen molar-refractivity contribution in [2.45, 2.75) is 32.7 Å². The van der Waals surface area contributed by atoms with Crippen molar-refractivity contribution >= 4 is 0 Å². The zero-order valence-corrected chi connectivity index (χ0v) is 16.8. The lowest BCUT2D eigenvalue weighted by molar-refractivity contribution is 0.133. The summed E-state index contributed by atoms with van der Waals surface area (Å²) in [5, 5.41) is 0. The van der Waals surface area contributed by atoms with Gasteiger partial charge in [-0.3, -0.25) is 9.88 Å². The zero-order chi connectivity index (χ0) is 18.9. The third-order valence-corrected chi connectivity index (χ3v) is 5.57. The molecule has 146 valence electrons. The molecule has 1 aliphatic heterocycles. The summed E-state index contributed by atoms with van der Waals surface area (Å²) in [7, 11) is 1.74. The van der Waals surface area contributed by atoms with Gasteiger partial charge in [-0.05, 0) is 73.7 Å². The summed E-state index contributed by atoms with van der Waals surface area (Å²) >= 11 is 0. The Morgan fingerprint density at radius 2 is 2.04 bits per heavy atom. The van der Waals surface area contributed by atoms with Crippen LogP contribution >= 0.6 is 0 Å². The van der Waals surface area contributed by atoms with Crippen molar-refractivity contribution in [2.24, 2.45) is 5.92 Å². The number of nitrogens with zero attached hydrogens (tertiary/aromatic N) is 3. The van der Waals surface area contributed by atoms with Gasteiger partial charge in [0.1, 0.15) is 5.75 Å². The Kier molecular flexibility index (Phi) is 7.66. The minimum Gasteiger partial charge on any atom is -0.497 e. The molecule has 0 N–H and O–H groups in total. The van der Waals surface area contributed by atoms with Crippen LogP contribution in [-0.4, -0.2) is 54.6 Å². The summed E-state index contributed by atoms with van der Waals surface area (Å²) < 4.78 is 5.35. The molecule has 1 aliphatic rings. The largest absolute Gasteiger partial charge is 0.497 e. The molecule has 2 heterocycles. The summed E-state index contributed by atoms with van der Waals surface area (Å²) in [6.07, 6.45) is 7.55. The number of methoxy groups -OCH3 is 1. The van der Waals surface area contributed by atoms with Gasteiger partial charge in [-0.1, -0.05) is 19.1 Å². The van der Waals surface area contributed by atoms with Crippen LogP contribution in [0.25, 0.3) is 0 Å². The van der Waals surface area contributed by atoms with Gasteiger partial charge in [0.25, 0.3) is 0 Å². The third-order valence-electron chi connectivity index (χ3n) is 5.57. The first kappa shape index (κ1) is 19.8. The highest BCUT2D eigenvalue weighted by Crippen LogP contribution is 2.20. The number of rotatable bonds is 9. The lowest BCUT2D eigenvalue weighted by atomic mass is 9.96. The van der Waals surface area contributed by atoms with Gasteiger partial charge in [0, 0.05) is 38.6 Å². The molecule has 1 saturated heterocycles. The van der Waals surface area contributed by atoms with E-state index in [1.807, 2.05) is 18.5 Å². The van der Waals surface area contributed by atoms with E-state index in [0.29, 0.717) is 0 Å². The number of hydrogen-bond acceptors (Lipinski definition) is 4. The SMILES string of the molecule is CCN(Cc1ccncc1)CC1CCCN(CCc2cccc(OC)c2)C1. The number of benzene rings is 1. The highest BCUT2D eigenvalue weighted by atomic mass is 16.5. The van der Waals surface area contributed by atoms with E-state index in [1.54, 1.807) is 7.11 Å². The maximum atomic E-state index is 5.35. The summed E-state index contributed by atoms with van der Waals surface area (Å²) in [5.74, 6) is 1.73. The molecule has 0 spiro atoms. The van der Waals surface area contributed by atoms with Gasteiger partial charge >= 0.3 is 0 Å². The molecule has 4 heteroatoms. The Bertz CT molecular complexity index is 676. The van der Waals surface area contributed by atoms with Gasteiger partial charge in [0.2, 0.25) is 0 Å². The van der Waals surface area contributed by atoms with Crippen molar-refractivity contribution in [1.29, 1.82) is 0 Å². The van der Waals surface area contributed by atoms with Crippen LogP contribution in [0.3, 0.4) is 0 Å². The van der Waals surface area contributed by atoms with Crippen LogP contribution in [0.1, 0.15) is 30.9 Å². The highest BCUT2D eigenvalue weighted by Gasteiger charge is 2.21. The first-order valence-corrected chi connectivity index (χ1v) is 10.2. The van der Waals surface area contributed by atoms with Crippen LogP contribution in [-0.2, 0) is 13.0 Å². The Labute approximate surface area is 164 Å². The highest BCUT2D eigenvalue weighted by molar-refractivity contribution is 5.28. The van der Waals surface area contributed by atoms with Gasteiger partial charge in [-0.25, -0.2) is 0 Å². The van der Waals surface area contributed by atoms with Gasteiger partial charge in [0.05, 0.1) is 7.11 Å². The Balaban J connectivity index is 1.48. The van der Waals surface area contributed by atoms with Crippen molar-refractivity contribution in [1.82, 2.24) is 14.8 Å². The summed E-state index contributed by atoms with van der Waals surface area (Å²) in [5.41, 5.74) is 2.72. The first-order valence-electron chi connectivity index (χ1n) is 10.2. The maximum absolute atomic E-state index is 5.35. The molecule has 27 heavy (non-hydrogen) atoms. The standard InChI is InChI=1S/C23H33N3O/c1-3-25(17-21-9-12-24-13-10-21)18-22-7-5-14-26(19-22)15-11-20-6-4-8-23(16-20)27-2/h4,6,8-10,12-13,16,22H,3,5,7,11,14-15,17-19H2,1-2H3. The smallest absolute Gasteiger partial charge is 0.119 e. The van der Waals surface area contributed by atoms with Gasteiger partial charge in [-0.2, -0.15) is 0 Å². The predicted molar refractivity (Wildman–Crippen MR) is 111 cm³/mol. The molecule has 3 rings (SSSR count). The minimum absolute atomic E-state index is 0.769. The van der Waals surface area contributed by atoms with E-state index in [9.17, 15) is 0 Å².